The lowest BCUT2D eigenvalue weighted by Crippen LogP contribution is -2.42. The molecule has 2 N–H and O–H groups in total. The van der Waals surface area contributed by atoms with Crippen molar-refractivity contribution in [2.24, 2.45) is 11.8 Å². The van der Waals surface area contributed by atoms with Crippen molar-refractivity contribution in [2.75, 3.05) is 33.3 Å². The second kappa shape index (κ2) is 13.2. The third-order valence-corrected chi connectivity index (χ3v) is 10.2. The minimum Gasteiger partial charge on any atom is -0.497 e. The van der Waals surface area contributed by atoms with Crippen LogP contribution in [0, 0.1) is 11.8 Å². The van der Waals surface area contributed by atoms with Gasteiger partial charge in [-0.3, -0.25) is 0 Å². The van der Waals surface area contributed by atoms with Gasteiger partial charge in [-0.25, -0.2) is 26.1 Å². The summed E-state index contributed by atoms with van der Waals surface area (Å²) in [6, 6.07) is 6.14. The van der Waals surface area contributed by atoms with Gasteiger partial charge in [-0.05, 0) is 55.4 Å². The number of nitrogens with zero attached hydrogens (tertiary/aromatic N) is 3. The number of hydrogen-bond donors (Lipinski definition) is 2. The molecule has 0 amide bonds. The van der Waals surface area contributed by atoms with Crippen LogP contribution in [-0.4, -0.2) is 79.9 Å². The largest absolute Gasteiger partial charge is 0.497 e. The minimum absolute atomic E-state index is 0.0350. The predicted octanol–water partition coefficient (Wildman–Crippen LogP) is 2.84. The molecule has 0 saturated heterocycles. The molecule has 10 nitrogen and oxygen atoms in total. The van der Waals surface area contributed by atoms with Gasteiger partial charge in [-0.15, -0.1) is 0 Å². The van der Waals surface area contributed by atoms with E-state index in [4.69, 9.17) is 4.74 Å². The van der Waals surface area contributed by atoms with Crippen molar-refractivity contribution in [2.45, 2.75) is 62.7 Å². The molecule has 0 aliphatic heterocycles. The van der Waals surface area contributed by atoms with Crippen LogP contribution in [-0.2, 0) is 25.8 Å². The first kappa shape index (κ1) is 29.6. The van der Waals surface area contributed by atoms with Crippen molar-refractivity contribution < 1.29 is 26.7 Å². The number of aliphatic hydroxyl groups excluding tert-OH is 1. The molecule has 0 radical (unpaired) electrons. The molecule has 0 bridgehead atoms. The molecule has 37 heavy (non-hydrogen) atoms. The van der Waals surface area contributed by atoms with Crippen LogP contribution in [0.25, 0.3) is 0 Å². The first-order chi connectivity index (χ1) is 17.5. The summed E-state index contributed by atoms with van der Waals surface area (Å²) in [6.07, 6.45) is 6.34. The fraction of sp³-hybridized carbons (Fsp3) is 0.640. The summed E-state index contributed by atoms with van der Waals surface area (Å²) >= 11 is 0. The Morgan fingerprint density at radius 2 is 1.76 bits per heavy atom. The summed E-state index contributed by atoms with van der Waals surface area (Å²) in [5, 5.41) is 10.9. The number of aromatic nitrogens is 2. The van der Waals surface area contributed by atoms with Crippen molar-refractivity contribution >= 4 is 20.0 Å². The van der Waals surface area contributed by atoms with Crippen molar-refractivity contribution in [3.8, 4) is 5.75 Å². The number of hydrogen-bond acceptors (Lipinski definition) is 7. The molecular formula is C25H40N4O6S2. The average Bonchev–Trinajstić information content (AvgIpc) is 3.55. The Kier molecular flexibility index (Phi) is 10.5. The monoisotopic (exact) mass is 556 g/mol. The van der Waals surface area contributed by atoms with Crippen molar-refractivity contribution in [1.29, 1.82) is 0 Å². The van der Waals surface area contributed by atoms with E-state index in [1.54, 1.807) is 18.3 Å². The van der Waals surface area contributed by atoms with Crippen LogP contribution >= 0.6 is 0 Å². The van der Waals surface area contributed by atoms with E-state index in [0.29, 0.717) is 18.1 Å². The summed E-state index contributed by atoms with van der Waals surface area (Å²) < 4.78 is 61.0. The Hall–Kier alpha value is -1.99. The zero-order chi connectivity index (χ0) is 27.1. The van der Waals surface area contributed by atoms with E-state index >= 15 is 0 Å². The highest BCUT2D eigenvalue weighted by atomic mass is 32.2. The number of ether oxygens (including phenoxy) is 1. The van der Waals surface area contributed by atoms with E-state index < -0.39 is 26.2 Å². The van der Waals surface area contributed by atoms with Crippen LogP contribution < -0.4 is 4.74 Å². The summed E-state index contributed by atoms with van der Waals surface area (Å²) in [5.74, 6) is 0.996. The topological polar surface area (TPSA) is 133 Å². The maximum Gasteiger partial charge on any atom is 0.243 e. The highest BCUT2D eigenvalue weighted by molar-refractivity contribution is 7.89. The van der Waals surface area contributed by atoms with Gasteiger partial charge in [-0.1, -0.05) is 26.7 Å². The van der Waals surface area contributed by atoms with Gasteiger partial charge in [-0.2, -0.15) is 4.31 Å². The molecule has 0 unspecified atom stereocenters. The van der Waals surface area contributed by atoms with E-state index in [1.165, 1.54) is 34.0 Å². The first-order valence-electron chi connectivity index (χ1n) is 12.8. The molecule has 1 aromatic carbocycles. The van der Waals surface area contributed by atoms with Gasteiger partial charge in [0.2, 0.25) is 20.0 Å². The van der Waals surface area contributed by atoms with Crippen molar-refractivity contribution in [1.82, 2.24) is 18.6 Å². The molecule has 1 aromatic heterocycles. The molecule has 1 aliphatic rings. The second-order valence-corrected chi connectivity index (χ2v) is 14.0. The fourth-order valence-electron chi connectivity index (χ4n) is 4.66. The van der Waals surface area contributed by atoms with Gasteiger partial charge < -0.3 is 14.8 Å². The molecule has 1 saturated carbocycles. The third kappa shape index (κ3) is 8.51. The van der Waals surface area contributed by atoms with Crippen molar-refractivity contribution in [3.05, 3.63) is 42.5 Å². The van der Waals surface area contributed by atoms with Gasteiger partial charge in [0.25, 0.3) is 0 Å². The highest BCUT2D eigenvalue weighted by Crippen LogP contribution is 2.27. The van der Waals surface area contributed by atoms with Crippen LogP contribution in [0.15, 0.2) is 41.6 Å². The molecule has 1 heterocycles. The zero-order valence-corrected chi connectivity index (χ0v) is 23.5. The molecule has 12 heteroatoms. The number of methoxy groups -OCH3 is 1. The number of rotatable bonds is 15. The summed E-state index contributed by atoms with van der Waals surface area (Å²) in [5.41, 5.74) is 0. The van der Waals surface area contributed by atoms with Crippen LogP contribution in [0.5, 0.6) is 5.75 Å². The SMILES string of the molecule is COc1ccc(S(=O)(=O)N(CC(C)C)C[C@@H](O)CCN(CC2CCCC2)S(=O)(=O)Cc2ncc[nH]2)cc1. The number of imidazole rings is 1. The second-order valence-electron chi connectivity index (χ2n) is 10.1. The molecule has 1 aliphatic carbocycles. The van der Waals surface area contributed by atoms with Gasteiger partial charge in [0.1, 0.15) is 17.3 Å². The molecule has 208 valence electrons. The van der Waals surface area contributed by atoms with Gasteiger partial charge >= 0.3 is 0 Å². The average molecular weight is 557 g/mol. The molecule has 3 rings (SSSR count). The Labute approximate surface area is 221 Å². The Balaban J connectivity index is 1.71. The van der Waals surface area contributed by atoms with E-state index in [9.17, 15) is 21.9 Å². The minimum atomic E-state index is -3.86. The highest BCUT2D eigenvalue weighted by Gasteiger charge is 2.31. The molecule has 1 fully saturated rings. The molecule has 1 atom stereocenters. The molecular weight excluding hydrogens is 516 g/mol. The standard InChI is InChI=1S/C25H40N4O6S2/c1-20(2)16-29(37(33,34)24-10-8-23(35-3)9-11-24)18-22(30)12-15-28(17-21-6-4-5-7-21)36(31,32)19-25-26-13-14-27-25/h8-11,13-14,20-22,30H,4-7,12,15-19H2,1-3H3,(H,26,27)/t22-/m0/s1. The Morgan fingerprint density at radius 3 is 2.32 bits per heavy atom. The normalized spacial score (nSPS) is 16.2. The Morgan fingerprint density at radius 1 is 1.08 bits per heavy atom. The lowest BCUT2D eigenvalue weighted by Gasteiger charge is -2.29. The smallest absolute Gasteiger partial charge is 0.243 e. The summed E-state index contributed by atoms with van der Waals surface area (Å²) in [7, 11) is -6.02. The van der Waals surface area contributed by atoms with E-state index in [2.05, 4.69) is 9.97 Å². The number of benzene rings is 1. The lowest BCUT2D eigenvalue weighted by atomic mass is 10.1. The van der Waals surface area contributed by atoms with Crippen LogP contribution in [0.3, 0.4) is 0 Å². The van der Waals surface area contributed by atoms with Crippen LogP contribution in [0.1, 0.15) is 51.8 Å². The number of aliphatic hydroxyl groups is 1. The third-order valence-electron chi connectivity index (χ3n) is 6.60. The van der Waals surface area contributed by atoms with E-state index in [-0.39, 0.29) is 48.5 Å². The van der Waals surface area contributed by atoms with Gasteiger partial charge in [0.15, 0.2) is 0 Å². The quantitative estimate of drug-likeness (QED) is 0.345. The predicted molar refractivity (Wildman–Crippen MR) is 142 cm³/mol. The maximum absolute atomic E-state index is 13.4. The number of nitrogens with one attached hydrogen (secondary N) is 1. The first-order valence-corrected chi connectivity index (χ1v) is 15.8. The maximum atomic E-state index is 13.4. The van der Waals surface area contributed by atoms with Crippen molar-refractivity contribution in [3.63, 3.8) is 0 Å². The number of aromatic amines is 1. The number of H-pyrrole nitrogens is 1. The number of sulfonamides is 2. The summed E-state index contributed by atoms with van der Waals surface area (Å²) in [6.45, 7) is 4.44. The zero-order valence-electron chi connectivity index (χ0n) is 21.9. The molecule has 0 spiro atoms. The summed E-state index contributed by atoms with van der Waals surface area (Å²) in [4.78, 5) is 7.01. The van der Waals surface area contributed by atoms with Gasteiger partial charge in [0, 0.05) is 38.6 Å². The lowest BCUT2D eigenvalue weighted by molar-refractivity contribution is 0.125. The van der Waals surface area contributed by atoms with E-state index in [1.807, 2.05) is 13.8 Å². The fourth-order valence-corrected chi connectivity index (χ4v) is 7.81. The Bertz CT molecular complexity index is 1160. The van der Waals surface area contributed by atoms with E-state index in [0.717, 1.165) is 25.7 Å². The molecule has 2 aromatic rings. The van der Waals surface area contributed by atoms with Gasteiger partial charge in [0.05, 0.1) is 18.1 Å². The van der Waals surface area contributed by atoms with Crippen LogP contribution in [0.2, 0.25) is 0 Å². The van der Waals surface area contributed by atoms with Crippen LogP contribution in [0.4, 0.5) is 0 Å².